The Morgan fingerprint density at radius 1 is 1.16 bits per heavy atom. The Labute approximate surface area is 150 Å². The van der Waals surface area contributed by atoms with Crippen molar-refractivity contribution in [3.05, 3.63) is 24.3 Å². The number of methoxy groups -OCH3 is 1. The lowest BCUT2D eigenvalue weighted by Crippen LogP contribution is -2.39. The van der Waals surface area contributed by atoms with Crippen molar-refractivity contribution in [3.63, 3.8) is 0 Å². The van der Waals surface area contributed by atoms with Crippen LogP contribution in [0.2, 0.25) is 0 Å². The molecule has 0 bridgehead atoms. The number of carbonyl (C=O) groups is 1. The van der Waals surface area contributed by atoms with E-state index >= 15 is 0 Å². The Bertz CT molecular complexity index is 543. The first-order chi connectivity index (χ1) is 12.2. The van der Waals surface area contributed by atoms with Crippen LogP contribution in [0.1, 0.15) is 19.3 Å². The molecule has 25 heavy (non-hydrogen) atoms. The van der Waals surface area contributed by atoms with Gasteiger partial charge in [-0.1, -0.05) is 0 Å². The van der Waals surface area contributed by atoms with E-state index in [1.54, 1.807) is 7.11 Å². The minimum Gasteiger partial charge on any atom is -0.497 e. The van der Waals surface area contributed by atoms with Crippen LogP contribution in [-0.2, 0) is 4.74 Å². The molecule has 1 aromatic carbocycles. The van der Waals surface area contributed by atoms with Crippen LogP contribution < -0.4 is 10.1 Å². The number of ether oxygens (including phenoxy) is 2. The van der Waals surface area contributed by atoms with Gasteiger partial charge in [0.2, 0.25) is 0 Å². The number of benzene rings is 1. The fourth-order valence-electron chi connectivity index (χ4n) is 3.58. The van der Waals surface area contributed by atoms with Gasteiger partial charge in [0.1, 0.15) is 5.75 Å². The predicted octanol–water partition coefficient (Wildman–Crippen LogP) is 2.66. The fourth-order valence-corrected chi connectivity index (χ4v) is 3.58. The molecule has 1 N–H and O–H groups in total. The maximum atomic E-state index is 12.5. The average molecular weight is 347 g/mol. The Morgan fingerprint density at radius 3 is 2.64 bits per heavy atom. The van der Waals surface area contributed by atoms with Crippen LogP contribution in [0.15, 0.2) is 24.3 Å². The maximum absolute atomic E-state index is 12.5. The summed E-state index contributed by atoms with van der Waals surface area (Å²) in [7, 11) is 1.64. The second kappa shape index (κ2) is 9.06. The topological polar surface area (TPSA) is 54.0 Å². The quantitative estimate of drug-likeness (QED) is 0.910. The molecular weight excluding hydrogens is 318 g/mol. The highest BCUT2D eigenvalue weighted by Crippen LogP contribution is 2.21. The molecule has 0 spiro atoms. The van der Waals surface area contributed by atoms with Crippen molar-refractivity contribution < 1.29 is 14.3 Å². The van der Waals surface area contributed by atoms with E-state index in [-0.39, 0.29) is 6.03 Å². The number of rotatable bonds is 4. The lowest BCUT2D eigenvalue weighted by atomic mass is 10.00. The Kier molecular flexibility index (Phi) is 6.53. The van der Waals surface area contributed by atoms with Crippen LogP contribution in [0.4, 0.5) is 10.5 Å². The van der Waals surface area contributed by atoms with Crippen LogP contribution in [0.3, 0.4) is 0 Å². The lowest BCUT2D eigenvalue weighted by Gasteiger charge is -2.30. The molecule has 2 aliphatic rings. The molecule has 3 rings (SSSR count). The summed E-state index contributed by atoms with van der Waals surface area (Å²) in [6.07, 6.45) is 3.35. The minimum atomic E-state index is -0.00260. The Hall–Kier alpha value is -1.79. The third-order valence-corrected chi connectivity index (χ3v) is 5.10. The van der Waals surface area contributed by atoms with E-state index < -0.39 is 0 Å². The van der Waals surface area contributed by atoms with Crippen LogP contribution in [0.25, 0.3) is 0 Å². The molecule has 0 aromatic heterocycles. The monoisotopic (exact) mass is 347 g/mol. The van der Waals surface area contributed by atoms with E-state index in [1.807, 2.05) is 29.2 Å². The standard InChI is InChI=1S/C19H29N3O3/c1-24-18-6-4-17(5-7-18)20-19(23)22-9-2-3-16(8-10-22)15-21-11-13-25-14-12-21/h4-7,16H,2-3,8-15H2,1H3,(H,20,23). The third kappa shape index (κ3) is 5.34. The highest BCUT2D eigenvalue weighted by atomic mass is 16.5. The third-order valence-electron chi connectivity index (χ3n) is 5.10. The second-order valence-electron chi connectivity index (χ2n) is 6.86. The highest BCUT2D eigenvalue weighted by Gasteiger charge is 2.23. The van der Waals surface area contributed by atoms with Gasteiger partial charge in [-0.3, -0.25) is 4.90 Å². The molecule has 0 saturated carbocycles. The molecule has 2 amide bonds. The average Bonchev–Trinajstić information content (AvgIpc) is 2.89. The van der Waals surface area contributed by atoms with Gasteiger partial charge in [0.15, 0.2) is 0 Å². The van der Waals surface area contributed by atoms with Gasteiger partial charge in [-0.2, -0.15) is 0 Å². The summed E-state index contributed by atoms with van der Waals surface area (Å²) in [4.78, 5) is 17.0. The Morgan fingerprint density at radius 2 is 1.92 bits per heavy atom. The van der Waals surface area contributed by atoms with E-state index in [0.717, 1.165) is 70.2 Å². The Balaban J connectivity index is 1.47. The summed E-state index contributed by atoms with van der Waals surface area (Å²) in [5.74, 6) is 1.47. The van der Waals surface area contributed by atoms with E-state index in [1.165, 1.54) is 6.42 Å². The molecule has 1 unspecified atom stereocenters. The van der Waals surface area contributed by atoms with Gasteiger partial charge in [0.25, 0.3) is 0 Å². The van der Waals surface area contributed by atoms with Crippen molar-refractivity contribution >= 4 is 11.7 Å². The number of likely N-dealkylation sites (tertiary alicyclic amines) is 1. The molecule has 138 valence electrons. The zero-order valence-corrected chi connectivity index (χ0v) is 15.1. The van der Waals surface area contributed by atoms with Gasteiger partial charge >= 0.3 is 6.03 Å². The van der Waals surface area contributed by atoms with Gasteiger partial charge < -0.3 is 19.7 Å². The van der Waals surface area contributed by atoms with Crippen molar-refractivity contribution in [3.8, 4) is 5.75 Å². The van der Waals surface area contributed by atoms with Gasteiger partial charge in [-0.15, -0.1) is 0 Å². The van der Waals surface area contributed by atoms with Crippen molar-refractivity contribution in [2.75, 3.05) is 58.4 Å². The van der Waals surface area contributed by atoms with E-state index in [0.29, 0.717) is 5.92 Å². The van der Waals surface area contributed by atoms with Crippen molar-refractivity contribution in [2.45, 2.75) is 19.3 Å². The van der Waals surface area contributed by atoms with Crippen LogP contribution in [0.5, 0.6) is 5.75 Å². The summed E-state index contributed by atoms with van der Waals surface area (Å²) in [6.45, 7) is 6.58. The van der Waals surface area contributed by atoms with Crippen LogP contribution in [-0.4, -0.2) is 68.9 Å². The normalized spacial score (nSPS) is 22.3. The number of urea groups is 1. The largest absolute Gasteiger partial charge is 0.497 e. The van der Waals surface area contributed by atoms with Gasteiger partial charge in [-0.25, -0.2) is 4.79 Å². The SMILES string of the molecule is COc1ccc(NC(=O)N2CCCC(CN3CCOCC3)CC2)cc1. The molecule has 6 heteroatoms. The number of amides is 2. The molecule has 1 aromatic rings. The summed E-state index contributed by atoms with van der Waals surface area (Å²) in [5.41, 5.74) is 0.805. The van der Waals surface area contributed by atoms with E-state index in [4.69, 9.17) is 9.47 Å². The summed E-state index contributed by atoms with van der Waals surface area (Å²) in [5, 5.41) is 2.99. The van der Waals surface area contributed by atoms with Crippen LogP contribution >= 0.6 is 0 Å². The number of hydrogen-bond donors (Lipinski definition) is 1. The number of carbonyl (C=O) groups excluding carboxylic acids is 1. The zero-order valence-electron chi connectivity index (χ0n) is 15.1. The zero-order chi connectivity index (χ0) is 17.5. The molecule has 2 fully saturated rings. The number of hydrogen-bond acceptors (Lipinski definition) is 4. The molecular formula is C19H29N3O3. The molecule has 6 nitrogen and oxygen atoms in total. The van der Waals surface area contributed by atoms with Crippen molar-refractivity contribution in [2.24, 2.45) is 5.92 Å². The molecule has 0 radical (unpaired) electrons. The van der Waals surface area contributed by atoms with Gasteiger partial charge in [0, 0.05) is 38.4 Å². The van der Waals surface area contributed by atoms with Crippen molar-refractivity contribution in [1.82, 2.24) is 9.80 Å². The fraction of sp³-hybridized carbons (Fsp3) is 0.632. The van der Waals surface area contributed by atoms with Crippen molar-refractivity contribution in [1.29, 1.82) is 0 Å². The highest BCUT2D eigenvalue weighted by molar-refractivity contribution is 5.89. The van der Waals surface area contributed by atoms with E-state index in [2.05, 4.69) is 10.2 Å². The predicted molar refractivity (Wildman–Crippen MR) is 98.2 cm³/mol. The summed E-state index contributed by atoms with van der Waals surface area (Å²) < 4.78 is 10.6. The number of nitrogens with one attached hydrogen (secondary N) is 1. The van der Waals surface area contributed by atoms with Gasteiger partial charge in [-0.05, 0) is 49.4 Å². The minimum absolute atomic E-state index is 0.00260. The molecule has 2 aliphatic heterocycles. The van der Waals surface area contributed by atoms with Crippen LogP contribution in [0, 0.1) is 5.92 Å². The number of morpholine rings is 1. The first-order valence-electron chi connectivity index (χ1n) is 9.24. The van der Waals surface area contributed by atoms with Gasteiger partial charge in [0.05, 0.1) is 20.3 Å². The summed E-state index contributed by atoms with van der Waals surface area (Å²) >= 11 is 0. The number of nitrogens with zero attached hydrogens (tertiary/aromatic N) is 2. The lowest BCUT2D eigenvalue weighted by molar-refractivity contribution is 0.0297. The molecule has 2 saturated heterocycles. The number of anilines is 1. The molecule has 2 heterocycles. The molecule has 0 aliphatic carbocycles. The summed E-state index contributed by atoms with van der Waals surface area (Å²) in [6, 6.07) is 7.45. The first kappa shape index (κ1) is 18.0. The first-order valence-corrected chi connectivity index (χ1v) is 9.24. The molecule has 1 atom stereocenters. The smallest absolute Gasteiger partial charge is 0.321 e. The maximum Gasteiger partial charge on any atom is 0.321 e. The van der Waals surface area contributed by atoms with E-state index in [9.17, 15) is 4.79 Å². The second-order valence-corrected chi connectivity index (χ2v) is 6.86.